The summed E-state index contributed by atoms with van der Waals surface area (Å²) in [4.78, 5) is 0. The van der Waals surface area contributed by atoms with Crippen LogP contribution in [0.2, 0.25) is 0 Å². The van der Waals surface area contributed by atoms with Gasteiger partial charge in [0.05, 0.1) is 0 Å². The minimum atomic E-state index is -3.99. The Bertz CT molecular complexity index is 1000. The van der Waals surface area contributed by atoms with Gasteiger partial charge in [-0.3, -0.25) is 0 Å². The fourth-order valence-electron chi connectivity index (χ4n) is 2.46. The lowest BCUT2D eigenvalue weighted by Crippen LogP contribution is -2.23. The number of halogens is 5. The number of hydrogen-bond donors (Lipinski definition) is 0. The van der Waals surface area contributed by atoms with Crippen molar-refractivity contribution in [3.8, 4) is 11.5 Å². The Balaban J connectivity index is 1.88. The molecule has 2 nitrogen and oxygen atoms in total. The van der Waals surface area contributed by atoms with Crippen molar-refractivity contribution in [3.05, 3.63) is 84.2 Å². The lowest BCUT2D eigenvalue weighted by molar-refractivity contribution is -0.187. The topological polar surface area (TPSA) is 18.5 Å². The first kappa shape index (κ1) is 18.7. The molecule has 0 saturated carbocycles. The van der Waals surface area contributed by atoms with Gasteiger partial charge in [-0.1, -0.05) is 18.7 Å². The minimum absolute atomic E-state index is 0.0650. The number of alkyl halides is 2. The van der Waals surface area contributed by atoms with Crippen LogP contribution in [0, 0.1) is 17.5 Å². The molecule has 0 aliphatic carbocycles. The van der Waals surface area contributed by atoms with Crippen molar-refractivity contribution < 1.29 is 31.4 Å². The van der Waals surface area contributed by atoms with Crippen LogP contribution >= 0.6 is 0 Å². The highest BCUT2D eigenvalue weighted by Gasteiger charge is 2.37. The summed E-state index contributed by atoms with van der Waals surface area (Å²) in [6.45, 7) is 3.53. The molecule has 0 aromatic heterocycles. The second kappa shape index (κ2) is 7.26. The lowest BCUT2D eigenvalue weighted by Gasteiger charge is -2.19. The highest BCUT2D eigenvalue weighted by atomic mass is 19.3. The van der Waals surface area contributed by atoms with Gasteiger partial charge in [0.2, 0.25) is 0 Å². The van der Waals surface area contributed by atoms with Crippen molar-refractivity contribution in [1.29, 1.82) is 0 Å². The molecule has 27 heavy (non-hydrogen) atoms. The molecule has 0 spiro atoms. The highest BCUT2D eigenvalue weighted by molar-refractivity contribution is 5.84. The second-order valence-corrected chi connectivity index (χ2v) is 5.64. The van der Waals surface area contributed by atoms with Gasteiger partial charge in [-0.25, -0.2) is 13.2 Å². The summed E-state index contributed by atoms with van der Waals surface area (Å²) >= 11 is 0. The van der Waals surface area contributed by atoms with E-state index in [0.717, 1.165) is 36.4 Å². The van der Waals surface area contributed by atoms with E-state index in [1.807, 2.05) is 0 Å². The van der Waals surface area contributed by atoms with Crippen LogP contribution < -0.4 is 9.47 Å². The first-order chi connectivity index (χ1) is 12.8. The molecule has 0 heterocycles. The molecule has 0 N–H and O–H groups in total. The van der Waals surface area contributed by atoms with E-state index >= 15 is 0 Å². The smallest absolute Gasteiger partial charge is 0.429 e. The van der Waals surface area contributed by atoms with Crippen LogP contribution in [-0.2, 0) is 6.11 Å². The van der Waals surface area contributed by atoms with Crippen LogP contribution in [0.4, 0.5) is 22.0 Å². The van der Waals surface area contributed by atoms with Gasteiger partial charge in [0.1, 0.15) is 29.5 Å². The summed E-state index contributed by atoms with van der Waals surface area (Å²) in [5.41, 5.74) is -0.987. The Hall–Kier alpha value is -3.09. The largest absolute Gasteiger partial charge is 0.489 e. The summed E-state index contributed by atoms with van der Waals surface area (Å²) in [5.74, 6) is -3.65. The fourth-order valence-corrected chi connectivity index (χ4v) is 2.46. The van der Waals surface area contributed by atoms with Gasteiger partial charge in [-0.15, -0.1) is 0 Å². The maximum atomic E-state index is 14.4. The fraction of sp³-hybridized carbons (Fsp3) is 0.100. The third-order valence-electron chi connectivity index (χ3n) is 3.72. The Kier molecular flexibility index (Phi) is 5.03. The molecule has 0 aliphatic rings. The van der Waals surface area contributed by atoms with Gasteiger partial charge < -0.3 is 9.47 Å². The number of fused-ring (bicyclic) bond motifs is 1. The second-order valence-electron chi connectivity index (χ2n) is 5.64. The molecule has 3 aromatic rings. The Morgan fingerprint density at radius 2 is 1.48 bits per heavy atom. The molecular formula is C20H13F5O2. The average Bonchev–Trinajstić information content (AvgIpc) is 2.60. The summed E-state index contributed by atoms with van der Waals surface area (Å²) in [5, 5.41) is 0.468. The van der Waals surface area contributed by atoms with Gasteiger partial charge in [0, 0.05) is 6.07 Å². The normalized spacial score (nSPS) is 11.4. The Labute approximate surface area is 151 Å². The van der Waals surface area contributed by atoms with E-state index in [9.17, 15) is 22.0 Å². The zero-order valence-electron chi connectivity index (χ0n) is 13.8. The van der Waals surface area contributed by atoms with Crippen LogP contribution in [0.5, 0.6) is 11.5 Å². The van der Waals surface area contributed by atoms with Crippen LogP contribution in [0.1, 0.15) is 5.56 Å². The number of benzene rings is 3. The zero-order valence-corrected chi connectivity index (χ0v) is 13.8. The summed E-state index contributed by atoms with van der Waals surface area (Å²) in [6.07, 6.45) is -2.56. The molecule has 0 bridgehead atoms. The number of rotatable bonds is 6. The molecule has 0 atom stereocenters. The maximum Gasteiger partial charge on any atom is 0.429 e. The van der Waals surface area contributed by atoms with Crippen molar-refractivity contribution in [2.45, 2.75) is 6.11 Å². The van der Waals surface area contributed by atoms with Crippen molar-refractivity contribution in [1.82, 2.24) is 0 Å². The Morgan fingerprint density at radius 3 is 2.15 bits per heavy atom. The van der Waals surface area contributed by atoms with Gasteiger partial charge >= 0.3 is 6.11 Å². The van der Waals surface area contributed by atoms with Crippen molar-refractivity contribution in [3.63, 3.8) is 0 Å². The van der Waals surface area contributed by atoms with Crippen molar-refractivity contribution in [2.24, 2.45) is 0 Å². The van der Waals surface area contributed by atoms with Crippen LogP contribution in [-0.4, -0.2) is 6.61 Å². The lowest BCUT2D eigenvalue weighted by atomic mass is 10.1. The molecule has 0 fully saturated rings. The van der Waals surface area contributed by atoms with E-state index in [4.69, 9.17) is 4.74 Å². The van der Waals surface area contributed by atoms with Gasteiger partial charge in [0.25, 0.3) is 0 Å². The number of hydrogen-bond acceptors (Lipinski definition) is 2. The van der Waals surface area contributed by atoms with E-state index in [1.54, 1.807) is 0 Å². The molecule has 0 amide bonds. The van der Waals surface area contributed by atoms with E-state index in [0.29, 0.717) is 5.39 Å². The average molecular weight is 380 g/mol. The molecule has 140 valence electrons. The minimum Gasteiger partial charge on any atom is -0.489 e. The van der Waals surface area contributed by atoms with Crippen molar-refractivity contribution >= 4 is 10.8 Å². The number of ether oxygens (including phenoxy) is 2. The quantitative estimate of drug-likeness (QED) is 0.389. The third kappa shape index (κ3) is 4.02. The SMILES string of the molecule is C=CCOc1ccc(C(F)(F)Oc2ccc3cc(F)c(F)cc3c2)c(F)c1. The van der Waals surface area contributed by atoms with E-state index < -0.39 is 29.1 Å². The maximum absolute atomic E-state index is 14.4. The molecule has 0 aliphatic heterocycles. The molecule has 7 heteroatoms. The monoisotopic (exact) mass is 380 g/mol. The molecule has 0 radical (unpaired) electrons. The van der Waals surface area contributed by atoms with Crippen LogP contribution in [0.15, 0.2) is 61.2 Å². The summed E-state index contributed by atoms with van der Waals surface area (Å²) in [7, 11) is 0. The van der Waals surface area contributed by atoms with Gasteiger partial charge in [0.15, 0.2) is 11.6 Å². The molecule has 0 unspecified atom stereocenters. The standard InChI is InChI=1S/C20H13F5O2/c1-2-7-26-14-5-6-16(17(21)11-14)20(24,25)27-15-4-3-12-9-18(22)19(23)10-13(12)8-15/h2-6,8-11H,1,7H2. The van der Waals surface area contributed by atoms with E-state index in [-0.39, 0.29) is 23.5 Å². The third-order valence-corrected chi connectivity index (χ3v) is 3.72. The van der Waals surface area contributed by atoms with E-state index in [2.05, 4.69) is 11.3 Å². The highest BCUT2D eigenvalue weighted by Crippen LogP contribution is 2.35. The van der Waals surface area contributed by atoms with Crippen LogP contribution in [0.25, 0.3) is 10.8 Å². The predicted molar refractivity (Wildman–Crippen MR) is 90.5 cm³/mol. The molecular weight excluding hydrogens is 367 g/mol. The zero-order chi connectivity index (χ0) is 19.6. The van der Waals surface area contributed by atoms with Crippen molar-refractivity contribution in [2.75, 3.05) is 6.61 Å². The Morgan fingerprint density at radius 1 is 0.815 bits per heavy atom. The first-order valence-corrected chi connectivity index (χ1v) is 7.79. The summed E-state index contributed by atoms with van der Waals surface area (Å²) < 4.78 is 79.1. The van der Waals surface area contributed by atoms with Gasteiger partial charge in [-0.2, -0.15) is 8.78 Å². The summed E-state index contributed by atoms with van der Waals surface area (Å²) in [6, 6.07) is 8.22. The molecule has 0 saturated heterocycles. The van der Waals surface area contributed by atoms with E-state index in [1.165, 1.54) is 18.2 Å². The molecule has 3 aromatic carbocycles. The van der Waals surface area contributed by atoms with Gasteiger partial charge in [-0.05, 0) is 47.2 Å². The molecule has 3 rings (SSSR count). The van der Waals surface area contributed by atoms with Crippen LogP contribution in [0.3, 0.4) is 0 Å². The predicted octanol–water partition coefficient (Wildman–Crippen LogP) is 5.95. The first-order valence-electron chi connectivity index (χ1n) is 7.79.